The zero-order valence-corrected chi connectivity index (χ0v) is 16.1. The Bertz CT molecular complexity index is 758. The molecule has 0 unspecified atom stereocenters. The molecule has 1 saturated heterocycles. The van der Waals surface area contributed by atoms with Gasteiger partial charge in [0.1, 0.15) is 5.60 Å². The van der Waals surface area contributed by atoms with Gasteiger partial charge in [0.25, 0.3) is 0 Å². The molecule has 27 heavy (non-hydrogen) atoms. The van der Waals surface area contributed by atoms with Crippen LogP contribution in [0.15, 0.2) is 0 Å². The van der Waals surface area contributed by atoms with Crippen LogP contribution in [0.5, 0.6) is 0 Å². The van der Waals surface area contributed by atoms with Gasteiger partial charge in [0.05, 0.1) is 12.0 Å². The Morgan fingerprint density at radius 2 is 1.78 bits per heavy atom. The van der Waals surface area contributed by atoms with Crippen molar-refractivity contribution in [3.63, 3.8) is 0 Å². The van der Waals surface area contributed by atoms with Crippen molar-refractivity contribution < 1.29 is 24.0 Å². The molecule has 2 rings (SSSR count). The maximum atomic E-state index is 12.1. The summed E-state index contributed by atoms with van der Waals surface area (Å²) in [7, 11) is 1.08. The highest BCUT2D eigenvalue weighted by molar-refractivity contribution is 6.28. The van der Waals surface area contributed by atoms with Crippen molar-refractivity contribution in [3.8, 4) is 0 Å². The Morgan fingerprint density at radius 3 is 2.26 bits per heavy atom. The average Bonchev–Trinajstić information content (AvgIpc) is 2.58. The molecule has 0 aliphatic carbocycles. The first kappa shape index (κ1) is 20.6. The third kappa shape index (κ3) is 4.94. The highest BCUT2D eigenvalue weighted by atomic mass is 35.5. The summed E-state index contributed by atoms with van der Waals surface area (Å²) < 4.78 is 9.86. The number of methoxy groups -OCH3 is 1. The summed E-state index contributed by atoms with van der Waals surface area (Å²) in [5, 5.41) is 11.2. The SMILES string of the molecule is COC(=O)c1nc(Cl)nc(N2CCN(C(=O)OC(C)(C)C)CC2)c1[N+](=O)[O-]. The summed E-state index contributed by atoms with van der Waals surface area (Å²) in [6, 6.07) is 0. The highest BCUT2D eigenvalue weighted by Gasteiger charge is 2.35. The Hall–Kier alpha value is -2.69. The molecule has 0 bridgehead atoms. The van der Waals surface area contributed by atoms with Gasteiger partial charge in [-0.2, -0.15) is 4.98 Å². The van der Waals surface area contributed by atoms with Crippen molar-refractivity contribution in [2.24, 2.45) is 0 Å². The molecule has 0 atom stereocenters. The van der Waals surface area contributed by atoms with Gasteiger partial charge in [-0.3, -0.25) is 10.1 Å². The van der Waals surface area contributed by atoms with Gasteiger partial charge in [0.2, 0.25) is 16.8 Å². The van der Waals surface area contributed by atoms with Crippen LogP contribution >= 0.6 is 11.6 Å². The lowest BCUT2D eigenvalue weighted by Gasteiger charge is -2.35. The predicted molar refractivity (Wildman–Crippen MR) is 95.1 cm³/mol. The zero-order valence-electron chi connectivity index (χ0n) is 15.4. The van der Waals surface area contributed by atoms with E-state index in [4.69, 9.17) is 16.3 Å². The minimum atomic E-state index is -0.986. The number of esters is 1. The van der Waals surface area contributed by atoms with Gasteiger partial charge in [-0.15, -0.1) is 0 Å². The van der Waals surface area contributed by atoms with Crippen molar-refractivity contribution in [3.05, 3.63) is 21.1 Å². The number of anilines is 1. The fraction of sp³-hybridized carbons (Fsp3) is 0.600. The van der Waals surface area contributed by atoms with E-state index in [1.807, 2.05) is 0 Å². The quantitative estimate of drug-likeness (QED) is 0.322. The lowest BCUT2D eigenvalue weighted by molar-refractivity contribution is -0.385. The minimum absolute atomic E-state index is 0.0933. The molecule has 1 aromatic rings. The molecule has 12 heteroatoms. The number of amides is 1. The van der Waals surface area contributed by atoms with Crippen molar-refractivity contribution in [2.45, 2.75) is 26.4 Å². The van der Waals surface area contributed by atoms with E-state index in [0.29, 0.717) is 0 Å². The third-order valence-electron chi connectivity index (χ3n) is 3.63. The fourth-order valence-electron chi connectivity index (χ4n) is 2.47. The number of nitro groups is 1. The maximum absolute atomic E-state index is 12.1. The second-order valence-corrected chi connectivity index (χ2v) is 7.05. The van der Waals surface area contributed by atoms with Crippen molar-refractivity contribution in [2.75, 3.05) is 38.2 Å². The second-order valence-electron chi connectivity index (χ2n) is 6.72. The summed E-state index contributed by atoms with van der Waals surface area (Å²) in [5.41, 5.74) is -1.73. The Morgan fingerprint density at radius 1 is 1.19 bits per heavy atom. The fourth-order valence-corrected chi connectivity index (χ4v) is 2.64. The van der Waals surface area contributed by atoms with Crippen LogP contribution in [0.2, 0.25) is 5.28 Å². The van der Waals surface area contributed by atoms with Crippen LogP contribution in [-0.4, -0.2) is 70.7 Å². The Labute approximate surface area is 160 Å². The number of hydrogen-bond acceptors (Lipinski definition) is 9. The van der Waals surface area contributed by atoms with Gasteiger partial charge >= 0.3 is 17.7 Å². The van der Waals surface area contributed by atoms with Gasteiger partial charge in [0.15, 0.2) is 0 Å². The molecule has 2 heterocycles. The van der Waals surface area contributed by atoms with Gasteiger partial charge in [-0.05, 0) is 32.4 Å². The van der Waals surface area contributed by atoms with E-state index in [-0.39, 0.29) is 37.3 Å². The number of hydrogen-bond donors (Lipinski definition) is 0. The van der Waals surface area contributed by atoms with E-state index >= 15 is 0 Å². The molecule has 148 valence electrons. The smallest absolute Gasteiger partial charge is 0.410 e. The molecule has 1 aromatic heterocycles. The van der Waals surface area contributed by atoms with Crippen molar-refractivity contribution >= 4 is 35.2 Å². The van der Waals surface area contributed by atoms with Crippen LogP contribution in [0.4, 0.5) is 16.3 Å². The number of carbonyl (C=O) groups is 2. The summed E-state index contributed by atoms with van der Waals surface area (Å²) in [5.74, 6) is -1.08. The van der Waals surface area contributed by atoms with E-state index in [1.54, 1.807) is 25.7 Å². The monoisotopic (exact) mass is 401 g/mol. The topological polar surface area (TPSA) is 128 Å². The first-order chi connectivity index (χ1) is 12.5. The van der Waals surface area contributed by atoms with E-state index < -0.39 is 34.0 Å². The van der Waals surface area contributed by atoms with Crippen LogP contribution in [-0.2, 0) is 9.47 Å². The zero-order chi connectivity index (χ0) is 20.4. The number of aromatic nitrogens is 2. The van der Waals surface area contributed by atoms with Gasteiger partial charge in [0, 0.05) is 26.2 Å². The second kappa shape index (κ2) is 7.91. The molecule has 0 N–H and O–H groups in total. The number of nitrogens with zero attached hydrogens (tertiary/aromatic N) is 5. The highest BCUT2D eigenvalue weighted by Crippen LogP contribution is 2.31. The summed E-state index contributed by atoms with van der Waals surface area (Å²) in [6.07, 6.45) is -0.465. The number of piperazine rings is 1. The Kier molecular flexibility index (Phi) is 6.04. The van der Waals surface area contributed by atoms with Crippen LogP contribution in [0.25, 0.3) is 0 Å². The third-order valence-corrected chi connectivity index (χ3v) is 3.80. The molecule has 0 spiro atoms. The van der Waals surface area contributed by atoms with Crippen LogP contribution in [0.3, 0.4) is 0 Å². The molecule has 1 amide bonds. The van der Waals surface area contributed by atoms with Crippen LogP contribution in [0.1, 0.15) is 31.3 Å². The lowest BCUT2D eigenvalue weighted by Crippen LogP contribution is -2.50. The molecular weight excluding hydrogens is 382 g/mol. The van der Waals surface area contributed by atoms with Crippen molar-refractivity contribution in [1.82, 2.24) is 14.9 Å². The lowest BCUT2D eigenvalue weighted by atomic mass is 10.2. The summed E-state index contributed by atoms with van der Waals surface area (Å²) >= 11 is 5.83. The van der Waals surface area contributed by atoms with Crippen molar-refractivity contribution in [1.29, 1.82) is 0 Å². The predicted octanol–water partition coefficient (Wildman–Crippen LogP) is 1.88. The number of carbonyl (C=O) groups excluding carboxylic acids is 2. The molecule has 11 nitrogen and oxygen atoms in total. The normalized spacial score (nSPS) is 14.7. The molecular formula is C15H20ClN5O6. The van der Waals surface area contributed by atoms with Crippen LogP contribution in [0, 0.1) is 10.1 Å². The van der Waals surface area contributed by atoms with Gasteiger partial charge in [-0.1, -0.05) is 0 Å². The molecule has 0 aromatic carbocycles. The molecule has 1 aliphatic rings. The van der Waals surface area contributed by atoms with E-state index in [0.717, 1.165) is 7.11 Å². The van der Waals surface area contributed by atoms with E-state index in [9.17, 15) is 19.7 Å². The molecule has 0 radical (unpaired) electrons. The maximum Gasteiger partial charge on any atom is 0.410 e. The molecule has 1 fully saturated rings. The standard InChI is InChI=1S/C15H20ClN5O6/c1-15(2,3)27-14(23)20-7-5-19(6-8-20)11-10(21(24)25)9(12(22)26-4)17-13(16)18-11/h5-8H2,1-4H3. The summed E-state index contributed by atoms with van der Waals surface area (Å²) in [6.45, 7) is 6.32. The average molecular weight is 402 g/mol. The first-order valence-electron chi connectivity index (χ1n) is 8.06. The van der Waals surface area contributed by atoms with Gasteiger partial charge < -0.3 is 19.3 Å². The van der Waals surface area contributed by atoms with Crippen LogP contribution < -0.4 is 4.90 Å². The Balaban J connectivity index is 2.25. The van der Waals surface area contributed by atoms with Gasteiger partial charge in [-0.25, -0.2) is 14.6 Å². The minimum Gasteiger partial charge on any atom is -0.464 e. The van der Waals surface area contributed by atoms with E-state index in [1.165, 1.54) is 4.90 Å². The first-order valence-corrected chi connectivity index (χ1v) is 8.44. The summed E-state index contributed by atoms with van der Waals surface area (Å²) in [4.78, 5) is 45.3. The van der Waals surface area contributed by atoms with E-state index in [2.05, 4.69) is 14.7 Å². The largest absolute Gasteiger partial charge is 0.464 e. The number of halogens is 1. The molecule has 0 saturated carbocycles. The number of ether oxygens (including phenoxy) is 2. The number of rotatable bonds is 3. The molecule has 1 aliphatic heterocycles.